The van der Waals surface area contributed by atoms with Crippen LogP contribution in [0.15, 0.2) is 36.4 Å². The van der Waals surface area contributed by atoms with Crippen molar-refractivity contribution in [2.75, 3.05) is 0 Å². The summed E-state index contributed by atoms with van der Waals surface area (Å²) in [6.45, 7) is 10.8. The molecule has 0 radical (unpaired) electrons. The SMILES string of the molecule is Cc1cc(C(=O)CC2CC(C)(C)NC(C)(C)C2)ccc1Oc1cccc(C2CC2)c1C#N. The first kappa shape index (κ1) is 22.6. The molecule has 2 aromatic carbocycles. The second kappa shape index (κ2) is 8.37. The zero-order valence-corrected chi connectivity index (χ0v) is 19.9. The third-order valence-electron chi connectivity index (χ3n) is 6.65. The van der Waals surface area contributed by atoms with Crippen molar-refractivity contribution < 1.29 is 9.53 Å². The van der Waals surface area contributed by atoms with Crippen molar-refractivity contribution in [3.8, 4) is 17.6 Å². The van der Waals surface area contributed by atoms with E-state index in [9.17, 15) is 10.1 Å². The fourth-order valence-corrected chi connectivity index (χ4v) is 5.60. The smallest absolute Gasteiger partial charge is 0.163 e. The number of nitrogens with one attached hydrogen (secondary N) is 1. The summed E-state index contributed by atoms with van der Waals surface area (Å²) < 4.78 is 6.15. The molecule has 1 saturated heterocycles. The lowest BCUT2D eigenvalue weighted by Crippen LogP contribution is -2.57. The highest BCUT2D eigenvalue weighted by molar-refractivity contribution is 5.96. The summed E-state index contributed by atoms with van der Waals surface area (Å²) in [7, 11) is 0. The summed E-state index contributed by atoms with van der Waals surface area (Å²) in [6, 6.07) is 13.8. The molecule has 2 fully saturated rings. The minimum Gasteiger partial charge on any atom is -0.456 e. The zero-order valence-electron chi connectivity index (χ0n) is 19.9. The lowest BCUT2D eigenvalue weighted by atomic mass is 9.74. The van der Waals surface area contributed by atoms with Crippen LogP contribution >= 0.6 is 0 Å². The van der Waals surface area contributed by atoms with Gasteiger partial charge in [-0.3, -0.25) is 4.79 Å². The minimum atomic E-state index is 0.0355. The lowest BCUT2D eigenvalue weighted by molar-refractivity contribution is 0.0864. The Hall–Kier alpha value is -2.64. The van der Waals surface area contributed by atoms with E-state index in [1.807, 2.05) is 43.3 Å². The molecule has 32 heavy (non-hydrogen) atoms. The number of nitriles is 1. The second-order valence-electron chi connectivity index (χ2n) is 11.0. The maximum atomic E-state index is 13.1. The number of benzene rings is 2. The highest BCUT2D eigenvalue weighted by atomic mass is 16.5. The van der Waals surface area contributed by atoms with Crippen molar-refractivity contribution in [3.63, 3.8) is 0 Å². The number of aryl methyl sites for hydroxylation is 1. The van der Waals surface area contributed by atoms with E-state index in [1.54, 1.807) is 0 Å². The molecule has 0 bridgehead atoms. The first-order chi connectivity index (χ1) is 15.1. The molecule has 0 aromatic heterocycles. The van der Waals surface area contributed by atoms with Gasteiger partial charge in [-0.25, -0.2) is 0 Å². The van der Waals surface area contributed by atoms with E-state index >= 15 is 0 Å². The molecule has 0 amide bonds. The number of rotatable bonds is 6. The van der Waals surface area contributed by atoms with E-state index < -0.39 is 0 Å². The van der Waals surface area contributed by atoms with Gasteiger partial charge >= 0.3 is 0 Å². The van der Waals surface area contributed by atoms with Gasteiger partial charge < -0.3 is 10.1 Å². The normalized spacial score (nSPS) is 19.9. The molecule has 0 spiro atoms. The van der Waals surface area contributed by atoms with Crippen LogP contribution in [0.2, 0.25) is 0 Å². The average molecular weight is 431 g/mol. The van der Waals surface area contributed by atoms with Crippen LogP contribution in [0, 0.1) is 24.2 Å². The Kier molecular flexibility index (Phi) is 5.90. The molecule has 0 unspecified atom stereocenters. The fraction of sp³-hybridized carbons (Fsp3) is 0.500. The Morgan fingerprint density at radius 3 is 2.38 bits per heavy atom. The average Bonchev–Trinajstić information content (AvgIpc) is 3.52. The van der Waals surface area contributed by atoms with Gasteiger partial charge in [0.1, 0.15) is 17.6 Å². The number of carbonyl (C=O) groups is 1. The van der Waals surface area contributed by atoms with Crippen LogP contribution in [-0.2, 0) is 0 Å². The molecule has 4 heteroatoms. The van der Waals surface area contributed by atoms with E-state index in [0.717, 1.165) is 42.4 Å². The van der Waals surface area contributed by atoms with Gasteiger partial charge in [-0.15, -0.1) is 0 Å². The number of piperidine rings is 1. The highest BCUT2D eigenvalue weighted by Crippen LogP contribution is 2.44. The van der Waals surface area contributed by atoms with Crippen LogP contribution in [0.5, 0.6) is 11.5 Å². The fourth-order valence-electron chi connectivity index (χ4n) is 5.60. The monoisotopic (exact) mass is 430 g/mol. The third kappa shape index (κ3) is 5.05. The van der Waals surface area contributed by atoms with Crippen molar-refractivity contribution >= 4 is 5.78 Å². The molecule has 4 rings (SSSR count). The summed E-state index contributed by atoms with van der Waals surface area (Å²) in [5.74, 6) is 2.33. The van der Waals surface area contributed by atoms with Gasteiger partial charge in [0, 0.05) is 23.1 Å². The molecule has 2 aromatic rings. The van der Waals surface area contributed by atoms with E-state index in [0.29, 0.717) is 35.3 Å². The predicted molar refractivity (Wildman–Crippen MR) is 127 cm³/mol. The first-order valence-corrected chi connectivity index (χ1v) is 11.7. The van der Waals surface area contributed by atoms with Crippen molar-refractivity contribution in [1.29, 1.82) is 5.26 Å². The van der Waals surface area contributed by atoms with E-state index in [4.69, 9.17) is 4.74 Å². The lowest BCUT2D eigenvalue weighted by Gasteiger charge is -2.46. The van der Waals surface area contributed by atoms with Gasteiger partial charge in [0.2, 0.25) is 0 Å². The number of nitrogens with zero attached hydrogens (tertiary/aromatic N) is 1. The van der Waals surface area contributed by atoms with Gasteiger partial charge in [0.15, 0.2) is 5.78 Å². The van der Waals surface area contributed by atoms with Crippen LogP contribution < -0.4 is 10.1 Å². The summed E-state index contributed by atoms with van der Waals surface area (Å²) >= 11 is 0. The van der Waals surface area contributed by atoms with Crippen molar-refractivity contribution in [3.05, 3.63) is 58.7 Å². The number of hydrogen-bond donors (Lipinski definition) is 1. The van der Waals surface area contributed by atoms with E-state index in [-0.39, 0.29) is 16.9 Å². The van der Waals surface area contributed by atoms with Crippen molar-refractivity contribution in [2.45, 2.75) is 83.7 Å². The molecule has 0 atom stereocenters. The van der Waals surface area contributed by atoms with Gasteiger partial charge in [0.05, 0.1) is 5.56 Å². The van der Waals surface area contributed by atoms with Gasteiger partial charge in [-0.1, -0.05) is 12.1 Å². The molecule has 1 N–H and O–H groups in total. The molecular formula is C28H34N2O2. The Bertz CT molecular complexity index is 1060. The standard InChI is InChI=1S/C28H34N2O2/c1-18-13-21(24(31)14-19-15-27(2,3)30-28(4,5)16-19)11-12-25(18)32-26-8-6-7-22(20-9-10-20)23(26)17-29/h6-8,11-13,19-20,30H,9-10,14-16H2,1-5H3. The Labute approximate surface area is 192 Å². The Morgan fingerprint density at radius 2 is 1.78 bits per heavy atom. The van der Waals surface area contributed by atoms with Gasteiger partial charge in [0.25, 0.3) is 0 Å². The second-order valence-corrected chi connectivity index (χ2v) is 11.0. The molecule has 1 aliphatic heterocycles. The van der Waals surface area contributed by atoms with Crippen LogP contribution in [0.4, 0.5) is 0 Å². The maximum Gasteiger partial charge on any atom is 0.163 e. The maximum absolute atomic E-state index is 13.1. The molecule has 4 nitrogen and oxygen atoms in total. The molecule has 168 valence electrons. The first-order valence-electron chi connectivity index (χ1n) is 11.7. The van der Waals surface area contributed by atoms with Crippen LogP contribution in [0.1, 0.15) is 92.8 Å². The summed E-state index contributed by atoms with van der Waals surface area (Å²) in [4.78, 5) is 13.1. The quantitative estimate of drug-likeness (QED) is 0.520. The third-order valence-corrected chi connectivity index (χ3v) is 6.65. The predicted octanol–water partition coefficient (Wildman–Crippen LogP) is 6.67. The zero-order chi connectivity index (χ0) is 23.1. The molecular weight excluding hydrogens is 396 g/mol. The van der Waals surface area contributed by atoms with Crippen LogP contribution in [0.25, 0.3) is 0 Å². The number of hydrogen-bond acceptors (Lipinski definition) is 4. The summed E-state index contributed by atoms with van der Waals surface area (Å²) in [5, 5.41) is 13.4. The highest BCUT2D eigenvalue weighted by Gasteiger charge is 2.38. The van der Waals surface area contributed by atoms with Crippen molar-refractivity contribution in [1.82, 2.24) is 5.32 Å². The number of ether oxygens (including phenoxy) is 1. The van der Waals surface area contributed by atoms with Crippen molar-refractivity contribution in [2.24, 2.45) is 5.92 Å². The topological polar surface area (TPSA) is 62.1 Å². The van der Waals surface area contributed by atoms with E-state index in [2.05, 4.69) is 39.1 Å². The molecule has 1 heterocycles. The van der Waals surface area contributed by atoms with E-state index in [1.165, 1.54) is 0 Å². The van der Waals surface area contributed by atoms with Crippen LogP contribution in [-0.4, -0.2) is 16.9 Å². The Balaban J connectivity index is 1.49. The van der Waals surface area contributed by atoms with Crippen LogP contribution in [0.3, 0.4) is 0 Å². The molecule has 2 aliphatic rings. The minimum absolute atomic E-state index is 0.0355. The molecule has 1 aliphatic carbocycles. The summed E-state index contributed by atoms with van der Waals surface area (Å²) in [5.41, 5.74) is 3.42. The van der Waals surface area contributed by atoms with Gasteiger partial charge in [-0.2, -0.15) is 5.26 Å². The largest absolute Gasteiger partial charge is 0.456 e. The van der Waals surface area contributed by atoms with Gasteiger partial charge in [-0.05, 0) is 108 Å². The number of carbonyl (C=O) groups excluding carboxylic acids is 1. The Morgan fingerprint density at radius 1 is 1.09 bits per heavy atom. The molecule has 1 saturated carbocycles. The summed E-state index contributed by atoms with van der Waals surface area (Å²) in [6.07, 6.45) is 4.84. The number of Topliss-reactive ketones (excluding diaryl/α,β-unsaturated/α-hetero) is 1. The number of ketones is 1.